The fourth-order valence-corrected chi connectivity index (χ4v) is 3.42. The van der Waals surface area contributed by atoms with E-state index in [1.807, 2.05) is 13.0 Å². The Labute approximate surface area is 139 Å². The Morgan fingerprint density at radius 3 is 2.38 bits per heavy atom. The van der Waals surface area contributed by atoms with E-state index >= 15 is 0 Å². The van der Waals surface area contributed by atoms with Crippen LogP contribution in [0.15, 0.2) is 15.9 Å². The molecule has 1 rings (SSSR count). The second-order valence-electron chi connectivity index (χ2n) is 5.73. The average molecular weight is 375 g/mol. The van der Waals surface area contributed by atoms with Gasteiger partial charge in [0.25, 0.3) is 5.91 Å². The zero-order valence-electron chi connectivity index (χ0n) is 13.1. The molecule has 0 aromatic carbocycles. The van der Waals surface area contributed by atoms with E-state index in [2.05, 4.69) is 35.1 Å². The number of amides is 2. The Kier molecular flexibility index (Phi) is 6.87. The number of carbonyl (C=O) groups is 2. The molecule has 0 spiro atoms. The van der Waals surface area contributed by atoms with Crippen LogP contribution in [0.4, 0.5) is 0 Å². The molecule has 0 aliphatic rings. The first-order valence-corrected chi connectivity index (χ1v) is 8.66. The van der Waals surface area contributed by atoms with E-state index in [4.69, 9.17) is 0 Å². The van der Waals surface area contributed by atoms with Crippen LogP contribution < -0.4 is 5.32 Å². The predicted molar refractivity (Wildman–Crippen MR) is 90.6 cm³/mol. The van der Waals surface area contributed by atoms with Crippen LogP contribution in [-0.4, -0.2) is 35.8 Å². The van der Waals surface area contributed by atoms with Gasteiger partial charge in [-0.3, -0.25) is 9.59 Å². The van der Waals surface area contributed by atoms with Gasteiger partial charge in [0, 0.05) is 13.1 Å². The largest absolute Gasteiger partial charge is 0.341 e. The molecule has 0 aliphatic heterocycles. The number of nitrogens with zero attached hydrogens (tertiary/aromatic N) is 1. The maximum Gasteiger partial charge on any atom is 0.262 e. The van der Waals surface area contributed by atoms with Gasteiger partial charge in [-0.15, -0.1) is 11.3 Å². The predicted octanol–water partition coefficient (Wildman–Crippen LogP) is 3.52. The second-order valence-corrected chi connectivity index (χ2v) is 8.19. The van der Waals surface area contributed by atoms with Crippen LogP contribution in [0.25, 0.3) is 0 Å². The molecule has 2 atom stereocenters. The molecule has 2 unspecified atom stereocenters. The molecule has 1 aromatic heterocycles. The monoisotopic (exact) mass is 374 g/mol. The molecule has 1 N–H and O–H groups in total. The van der Waals surface area contributed by atoms with Gasteiger partial charge >= 0.3 is 0 Å². The van der Waals surface area contributed by atoms with Gasteiger partial charge in [-0.2, -0.15) is 0 Å². The summed E-state index contributed by atoms with van der Waals surface area (Å²) in [4.78, 5) is 26.7. The highest BCUT2D eigenvalue weighted by Crippen LogP contribution is 2.22. The Bertz CT molecular complexity index is 502. The van der Waals surface area contributed by atoms with Gasteiger partial charge in [0.15, 0.2) is 0 Å². The first kappa shape index (κ1) is 18.2. The Balaban J connectivity index is 2.59. The molecule has 118 valence electrons. The lowest BCUT2D eigenvalue weighted by Gasteiger charge is -2.29. The summed E-state index contributed by atoms with van der Waals surface area (Å²) in [5.74, 6) is 0.257. The summed E-state index contributed by atoms with van der Waals surface area (Å²) in [5, 5.41) is 2.76. The van der Waals surface area contributed by atoms with Gasteiger partial charge in [0.1, 0.15) is 6.04 Å². The number of carbonyl (C=O) groups excluding carboxylic acids is 2. The van der Waals surface area contributed by atoms with Crippen molar-refractivity contribution in [3.05, 3.63) is 20.8 Å². The van der Waals surface area contributed by atoms with Crippen LogP contribution in [0.5, 0.6) is 0 Å². The van der Waals surface area contributed by atoms with Crippen molar-refractivity contribution in [3.8, 4) is 0 Å². The van der Waals surface area contributed by atoms with Crippen molar-refractivity contribution in [2.24, 2.45) is 5.92 Å². The Morgan fingerprint density at radius 2 is 1.90 bits per heavy atom. The number of nitrogens with one attached hydrogen (secondary N) is 1. The SMILES string of the molecule is CC(C)CC(C)N(C)C(=O)C(C)NC(=O)c1ccc(Br)s1. The van der Waals surface area contributed by atoms with Gasteiger partial charge in [-0.25, -0.2) is 0 Å². The Hall–Kier alpha value is -0.880. The average Bonchev–Trinajstić information content (AvgIpc) is 2.82. The molecule has 0 aliphatic carbocycles. The third kappa shape index (κ3) is 5.43. The van der Waals surface area contributed by atoms with E-state index in [9.17, 15) is 9.59 Å². The molecule has 4 nitrogen and oxygen atoms in total. The van der Waals surface area contributed by atoms with Crippen LogP contribution in [0.3, 0.4) is 0 Å². The number of rotatable bonds is 6. The lowest BCUT2D eigenvalue weighted by atomic mass is 10.0. The van der Waals surface area contributed by atoms with Crippen LogP contribution >= 0.6 is 27.3 Å². The molecule has 2 amide bonds. The van der Waals surface area contributed by atoms with E-state index in [0.717, 1.165) is 10.2 Å². The molecular weight excluding hydrogens is 352 g/mol. The minimum atomic E-state index is -0.530. The first-order valence-electron chi connectivity index (χ1n) is 7.05. The van der Waals surface area contributed by atoms with E-state index in [1.54, 1.807) is 24.9 Å². The molecule has 0 bridgehead atoms. The molecule has 0 fully saturated rings. The molecule has 1 aromatic rings. The summed E-state index contributed by atoms with van der Waals surface area (Å²) < 4.78 is 0.898. The molecular formula is C15H23BrN2O2S. The number of hydrogen-bond acceptors (Lipinski definition) is 3. The van der Waals surface area contributed by atoms with Crippen LogP contribution in [-0.2, 0) is 4.79 Å². The van der Waals surface area contributed by atoms with Gasteiger partial charge in [0.2, 0.25) is 5.91 Å². The number of halogens is 1. The normalized spacial score (nSPS) is 13.9. The quantitative estimate of drug-likeness (QED) is 0.827. The number of thiophene rings is 1. The lowest BCUT2D eigenvalue weighted by Crippen LogP contribution is -2.48. The van der Waals surface area contributed by atoms with Crippen molar-refractivity contribution >= 4 is 39.1 Å². The summed E-state index contributed by atoms with van der Waals surface area (Å²) in [7, 11) is 1.79. The number of hydrogen-bond donors (Lipinski definition) is 1. The minimum Gasteiger partial charge on any atom is -0.341 e. The molecule has 0 radical (unpaired) electrons. The van der Waals surface area contributed by atoms with Gasteiger partial charge in [-0.05, 0) is 54.2 Å². The minimum absolute atomic E-state index is 0.0629. The van der Waals surface area contributed by atoms with E-state index in [1.165, 1.54) is 11.3 Å². The third-order valence-electron chi connectivity index (χ3n) is 3.34. The van der Waals surface area contributed by atoms with Crippen molar-refractivity contribution in [1.29, 1.82) is 0 Å². The fraction of sp³-hybridized carbons (Fsp3) is 0.600. The molecule has 0 saturated carbocycles. The highest BCUT2D eigenvalue weighted by Gasteiger charge is 2.24. The van der Waals surface area contributed by atoms with Crippen molar-refractivity contribution in [2.45, 2.75) is 46.2 Å². The van der Waals surface area contributed by atoms with Gasteiger partial charge < -0.3 is 10.2 Å². The highest BCUT2D eigenvalue weighted by atomic mass is 79.9. The summed E-state index contributed by atoms with van der Waals surface area (Å²) in [5.41, 5.74) is 0. The maximum atomic E-state index is 12.3. The van der Waals surface area contributed by atoms with Gasteiger partial charge in [-0.1, -0.05) is 13.8 Å². The molecule has 0 saturated heterocycles. The summed E-state index contributed by atoms with van der Waals surface area (Å²) in [6.45, 7) is 8.02. The van der Waals surface area contributed by atoms with E-state index < -0.39 is 6.04 Å². The standard InChI is InChI=1S/C15H23BrN2O2S/c1-9(2)8-10(3)18(5)15(20)11(4)17-14(19)12-6-7-13(16)21-12/h6-7,9-11H,8H2,1-5H3,(H,17,19). The van der Waals surface area contributed by atoms with Crippen LogP contribution in [0.2, 0.25) is 0 Å². The van der Waals surface area contributed by atoms with E-state index in [-0.39, 0.29) is 17.9 Å². The van der Waals surface area contributed by atoms with Crippen LogP contribution in [0.1, 0.15) is 43.8 Å². The molecule has 6 heteroatoms. The topological polar surface area (TPSA) is 49.4 Å². The lowest BCUT2D eigenvalue weighted by molar-refractivity contribution is -0.133. The van der Waals surface area contributed by atoms with Crippen molar-refractivity contribution in [1.82, 2.24) is 10.2 Å². The summed E-state index contributed by atoms with van der Waals surface area (Å²) in [6.07, 6.45) is 0.945. The van der Waals surface area contributed by atoms with Gasteiger partial charge in [0.05, 0.1) is 8.66 Å². The van der Waals surface area contributed by atoms with E-state index in [0.29, 0.717) is 10.8 Å². The maximum absolute atomic E-state index is 12.3. The zero-order chi connectivity index (χ0) is 16.2. The Morgan fingerprint density at radius 1 is 1.29 bits per heavy atom. The zero-order valence-corrected chi connectivity index (χ0v) is 15.5. The first-order chi connectivity index (χ1) is 9.72. The smallest absolute Gasteiger partial charge is 0.262 e. The van der Waals surface area contributed by atoms with Crippen LogP contribution in [0, 0.1) is 5.92 Å². The number of likely N-dealkylation sites (N-methyl/N-ethyl adjacent to an activating group) is 1. The summed E-state index contributed by atoms with van der Waals surface area (Å²) in [6, 6.07) is 3.20. The summed E-state index contributed by atoms with van der Waals surface area (Å²) >= 11 is 4.68. The van der Waals surface area contributed by atoms with Crippen molar-refractivity contribution in [3.63, 3.8) is 0 Å². The third-order valence-corrected chi connectivity index (χ3v) is 4.96. The fourth-order valence-electron chi connectivity index (χ4n) is 2.13. The molecule has 1 heterocycles. The molecule has 21 heavy (non-hydrogen) atoms. The second kappa shape index (κ2) is 7.94. The van der Waals surface area contributed by atoms with Crippen molar-refractivity contribution < 1.29 is 9.59 Å². The van der Waals surface area contributed by atoms with Crippen molar-refractivity contribution in [2.75, 3.05) is 7.05 Å². The highest BCUT2D eigenvalue weighted by molar-refractivity contribution is 9.11.